The molecule has 0 fully saturated rings. The van der Waals surface area contributed by atoms with Crippen molar-refractivity contribution in [3.05, 3.63) is 23.3 Å². The quantitative estimate of drug-likeness (QED) is 0.422. The van der Waals surface area contributed by atoms with Gasteiger partial charge in [0.15, 0.2) is 0 Å². The highest BCUT2D eigenvalue weighted by atomic mass is 16.5. The van der Waals surface area contributed by atoms with E-state index in [4.69, 9.17) is 4.74 Å². The molecule has 0 aromatic heterocycles. The van der Waals surface area contributed by atoms with Crippen LogP contribution >= 0.6 is 0 Å². The predicted molar refractivity (Wildman–Crippen MR) is 73.9 cm³/mol. The lowest BCUT2D eigenvalue weighted by molar-refractivity contribution is -0.136. The molecule has 2 nitrogen and oxygen atoms in total. The largest absolute Gasteiger partial charge is 0.456 e. The second-order valence-corrected chi connectivity index (χ2v) is 5.25. The standard InChI is InChI=1S/C16H22O2/c1-5-18-15(17)11-7-6-10-14-13(2)9-8-12-16(14,3)4/h6,10H,5,8-9,12H2,1-4H3/b10-6+. The zero-order valence-corrected chi connectivity index (χ0v) is 11.8. The number of ether oxygens (including phenoxy) is 1. The van der Waals surface area contributed by atoms with E-state index in [0.717, 1.165) is 6.42 Å². The predicted octanol–water partition coefficient (Wildman–Crippen LogP) is 3.64. The van der Waals surface area contributed by atoms with Crippen molar-refractivity contribution in [1.82, 2.24) is 0 Å². The fraction of sp³-hybridized carbons (Fsp3) is 0.562. The van der Waals surface area contributed by atoms with Crippen LogP contribution in [0.1, 0.15) is 47.0 Å². The maximum Gasteiger partial charge on any atom is 0.384 e. The first-order chi connectivity index (χ1) is 8.47. The van der Waals surface area contributed by atoms with Gasteiger partial charge in [-0.1, -0.05) is 31.4 Å². The third-order valence-corrected chi connectivity index (χ3v) is 3.33. The van der Waals surface area contributed by atoms with Crippen molar-refractivity contribution in [2.24, 2.45) is 5.41 Å². The maximum absolute atomic E-state index is 11.0. The topological polar surface area (TPSA) is 26.3 Å². The average molecular weight is 246 g/mol. The second kappa shape index (κ2) is 6.44. The number of hydrogen-bond acceptors (Lipinski definition) is 2. The zero-order valence-electron chi connectivity index (χ0n) is 11.8. The van der Waals surface area contributed by atoms with Crippen molar-refractivity contribution in [3.8, 4) is 11.8 Å². The molecule has 0 bridgehead atoms. The van der Waals surface area contributed by atoms with Crippen LogP contribution < -0.4 is 0 Å². The molecule has 18 heavy (non-hydrogen) atoms. The minimum Gasteiger partial charge on any atom is -0.456 e. The molecule has 1 aliphatic carbocycles. The maximum atomic E-state index is 11.0. The molecule has 0 radical (unpaired) electrons. The smallest absolute Gasteiger partial charge is 0.384 e. The fourth-order valence-electron chi connectivity index (χ4n) is 2.40. The molecular formula is C16H22O2. The van der Waals surface area contributed by atoms with E-state index in [1.807, 2.05) is 6.08 Å². The minimum absolute atomic E-state index is 0.213. The summed E-state index contributed by atoms with van der Waals surface area (Å²) >= 11 is 0. The van der Waals surface area contributed by atoms with Gasteiger partial charge >= 0.3 is 5.97 Å². The van der Waals surface area contributed by atoms with Gasteiger partial charge in [0.05, 0.1) is 6.61 Å². The number of carbonyl (C=O) groups is 1. The van der Waals surface area contributed by atoms with Crippen molar-refractivity contribution >= 4 is 5.97 Å². The molecule has 0 saturated carbocycles. The number of esters is 1. The molecule has 0 saturated heterocycles. The van der Waals surface area contributed by atoms with Gasteiger partial charge in [-0.3, -0.25) is 0 Å². The Balaban J connectivity index is 2.74. The third-order valence-electron chi connectivity index (χ3n) is 3.33. The Morgan fingerprint density at radius 2 is 2.22 bits per heavy atom. The summed E-state index contributed by atoms with van der Waals surface area (Å²) in [6.07, 6.45) is 7.41. The lowest BCUT2D eigenvalue weighted by atomic mass is 9.73. The zero-order chi connectivity index (χ0) is 13.6. The van der Waals surface area contributed by atoms with E-state index in [0.29, 0.717) is 6.61 Å². The summed E-state index contributed by atoms with van der Waals surface area (Å²) in [6, 6.07) is 0. The highest BCUT2D eigenvalue weighted by molar-refractivity contribution is 5.88. The van der Waals surface area contributed by atoms with Crippen LogP contribution in [0.3, 0.4) is 0 Å². The van der Waals surface area contributed by atoms with Crippen LogP contribution in [0.2, 0.25) is 0 Å². The van der Waals surface area contributed by atoms with Crippen molar-refractivity contribution < 1.29 is 9.53 Å². The number of rotatable bonds is 2. The molecule has 0 spiro atoms. The molecule has 0 aliphatic heterocycles. The summed E-state index contributed by atoms with van der Waals surface area (Å²) in [7, 11) is 0. The molecule has 0 amide bonds. The van der Waals surface area contributed by atoms with Crippen LogP contribution in [-0.2, 0) is 9.53 Å². The molecule has 98 valence electrons. The van der Waals surface area contributed by atoms with Gasteiger partial charge in [0.25, 0.3) is 0 Å². The van der Waals surface area contributed by atoms with E-state index in [-0.39, 0.29) is 5.41 Å². The summed E-state index contributed by atoms with van der Waals surface area (Å²) in [4.78, 5) is 11.0. The van der Waals surface area contributed by atoms with Gasteiger partial charge in [-0.2, -0.15) is 0 Å². The summed E-state index contributed by atoms with van der Waals surface area (Å²) in [5.74, 6) is 4.72. The van der Waals surface area contributed by atoms with Gasteiger partial charge in [0.1, 0.15) is 0 Å². The molecule has 0 heterocycles. The molecular weight excluding hydrogens is 224 g/mol. The van der Waals surface area contributed by atoms with Gasteiger partial charge < -0.3 is 4.74 Å². The molecule has 1 aliphatic rings. The van der Waals surface area contributed by atoms with Crippen molar-refractivity contribution in [2.75, 3.05) is 6.61 Å². The SMILES string of the molecule is CCOC(=O)C#C/C=C/C1=C(C)CCCC1(C)C. The van der Waals surface area contributed by atoms with E-state index < -0.39 is 5.97 Å². The van der Waals surface area contributed by atoms with Crippen LogP contribution in [0.15, 0.2) is 23.3 Å². The van der Waals surface area contributed by atoms with Crippen molar-refractivity contribution in [3.63, 3.8) is 0 Å². The van der Waals surface area contributed by atoms with E-state index in [1.54, 1.807) is 13.0 Å². The van der Waals surface area contributed by atoms with Crippen LogP contribution in [0.5, 0.6) is 0 Å². The van der Waals surface area contributed by atoms with Crippen molar-refractivity contribution in [1.29, 1.82) is 0 Å². The highest BCUT2D eigenvalue weighted by Gasteiger charge is 2.26. The van der Waals surface area contributed by atoms with E-state index in [1.165, 1.54) is 24.0 Å². The first kappa shape index (κ1) is 14.6. The lowest BCUT2D eigenvalue weighted by Crippen LogP contribution is -2.18. The molecule has 0 N–H and O–H groups in total. The Morgan fingerprint density at radius 1 is 1.50 bits per heavy atom. The van der Waals surface area contributed by atoms with Crippen molar-refractivity contribution in [2.45, 2.75) is 47.0 Å². The van der Waals surface area contributed by atoms with Gasteiger partial charge in [0, 0.05) is 5.92 Å². The molecule has 0 atom stereocenters. The average Bonchev–Trinajstić information content (AvgIpc) is 2.27. The lowest BCUT2D eigenvalue weighted by Gasteiger charge is -2.32. The summed E-state index contributed by atoms with van der Waals surface area (Å²) in [5.41, 5.74) is 3.00. The van der Waals surface area contributed by atoms with Gasteiger partial charge in [-0.25, -0.2) is 4.79 Å². The first-order valence-electron chi connectivity index (χ1n) is 6.52. The van der Waals surface area contributed by atoms with E-state index in [2.05, 4.69) is 32.6 Å². The molecule has 1 rings (SSSR count). The minimum atomic E-state index is -0.462. The highest BCUT2D eigenvalue weighted by Crippen LogP contribution is 2.40. The third kappa shape index (κ3) is 4.07. The normalized spacial score (nSPS) is 18.4. The number of hydrogen-bond donors (Lipinski definition) is 0. The van der Waals surface area contributed by atoms with E-state index >= 15 is 0 Å². The molecule has 0 unspecified atom stereocenters. The molecule has 2 heteroatoms. The summed E-state index contributed by atoms with van der Waals surface area (Å²) < 4.78 is 4.74. The number of allylic oxidation sites excluding steroid dienone is 4. The monoisotopic (exact) mass is 246 g/mol. The first-order valence-corrected chi connectivity index (χ1v) is 6.52. The molecule has 0 aromatic rings. The Labute approximate surface area is 110 Å². The Morgan fingerprint density at radius 3 is 2.83 bits per heavy atom. The van der Waals surface area contributed by atoms with Gasteiger partial charge in [0.2, 0.25) is 0 Å². The van der Waals surface area contributed by atoms with E-state index in [9.17, 15) is 4.79 Å². The Hall–Kier alpha value is -1.49. The van der Waals surface area contributed by atoms with Crippen LogP contribution in [0.4, 0.5) is 0 Å². The van der Waals surface area contributed by atoms with Crippen LogP contribution in [-0.4, -0.2) is 12.6 Å². The Kier molecular flexibility index (Phi) is 5.22. The van der Waals surface area contributed by atoms with Crippen LogP contribution in [0.25, 0.3) is 0 Å². The van der Waals surface area contributed by atoms with Gasteiger partial charge in [-0.05, 0) is 50.2 Å². The van der Waals surface area contributed by atoms with Crippen LogP contribution in [0, 0.1) is 17.3 Å². The fourth-order valence-corrected chi connectivity index (χ4v) is 2.40. The summed E-state index contributed by atoms with van der Waals surface area (Å²) in [5, 5.41) is 0. The Bertz CT molecular complexity index is 428. The number of carbonyl (C=O) groups excluding carboxylic acids is 1. The van der Waals surface area contributed by atoms with Gasteiger partial charge in [-0.15, -0.1) is 0 Å². The molecule has 0 aromatic carbocycles. The second-order valence-electron chi connectivity index (χ2n) is 5.25. The summed E-state index contributed by atoms with van der Waals surface area (Å²) in [6.45, 7) is 8.84.